The molecule has 0 saturated carbocycles. The third-order valence-corrected chi connectivity index (χ3v) is 3.39. The molecular formula is C15H14O. The number of aliphatic hydroxyl groups is 1. The summed E-state index contributed by atoms with van der Waals surface area (Å²) in [7, 11) is 0. The van der Waals surface area contributed by atoms with Crippen LogP contribution in [-0.2, 0) is 0 Å². The lowest BCUT2D eigenvalue weighted by molar-refractivity contribution is 0.176. The minimum Gasteiger partial charge on any atom is -0.388 e. The van der Waals surface area contributed by atoms with Gasteiger partial charge in [-0.15, -0.1) is 0 Å². The molecule has 1 nitrogen and oxygen atoms in total. The van der Waals surface area contributed by atoms with Crippen molar-refractivity contribution >= 4 is 0 Å². The molecule has 1 N–H and O–H groups in total. The maximum absolute atomic E-state index is 10.0. The third kappa shape index (κ3) is 1.44. The fourth-order valence-corrected chi connectivity index (χ4v) is 2.61. The summed E-state index contributed by atoms with van der Waals surface area (Å²) in [6.45, 7) is 0. The van der Waals surface area contributed by atoms with Gasteiger partial charge in [0.25, 0.3) is 0 Å². The Labute approximate surface area is 95.4 Å². The van der Waals surface area contributed by atoms with Crippen LogP contribution < -0.4 is 0 Å². The summed E-state index contributed by atoms with van der Waals surface area (Å²) in [5, 5.41) is 10.0. The molecule has 16 heavy (non-hydrogen) atoms. The first-order valence-electron chi connectivity index (χ1n) is 5.68. The van der Waals surface area contributed by atoms with Gasteiger partial charge in [-0.1, -0.05) is 54.6 Å². The molecule has 0 aliphatic heterocycles. The molecule has 0 spiro atoms. The SMILES string of the molecule is O[C@@H]1C[C@H](c2ccccc2)c2ccccc21. The Bertz CT molecular complexity index is 490. The maximum Gasteiger partial charge on any atom is 0.0802 e. The number of aliphatic hydroxyl groups excluding tert-OH is 1. The molecule has 80 valence electrons. The Morgan fingerprint density at radius 3 is 2.19 bits per heavy atom. The zero-order valence-corrected chi connectivity index (χ0v) is 9.01. The molecule has 1 aliphatic rings. The molecule has 0 bridgehead atoms. The molecule has 2 aromatic carbocycles. The predicted molar refractivity (Wildman–Crippen MR) is 64.3 cm³/mol. The van der Waals surface area contributed by atoms with Crippen molar-refractivity contribution in [3.05, 3.63) is 71.3 Å². The minimum absolute atomic E-state index is 0.304. The first-order chi connectivity index (χ1) is 7.86. The maximum atomic E-state index is 10.0. The molecule has 0 heterocycles. The third-order valence-electron chi connectivity index (χ3n) is 3.39. The summed E-state index contributed by atoms with van der Waals surface area (Å²) in [5.74, 6) is 0.354. The summed E-state index contributed by atoms with van der Waals surface area (Å²) >= 11 is 0. The van der Waals surface area contributed by atoms with Crippen LogP contribution in [0.4, 0.5) is 0 Å². The highest BCUT2D eigenvalue weighted by Gasteiger charge is 2.29. The Morgan fingerprint density at radius 2 is 1.44 bits per heavy atom. The highest BCUT2D eigenvalue weighted by atomic mass is 16.3. The van der Waals surface area contributed by atoms with Gasteiger partial charge in [0.2, 0.25) is 0 Å². The van der Waals surface area contributed by atoms with Crippen LogP contribution in [0.2, 0.25) is 0 Å². The topological polar surface area (TPSA) is 20.2 Å². The molecule has 0 amide bonds. The Balaban J connectivity index is 2.07. The lowest BCUT2D eigenvalue weighted by atomic mass is 9.93. The van der Waals surface area contributed by atoms with Gasteiger partial charge < -0.3 is 5.11 Å². The highest BCUT2D eigenvalue weighted by molar-refractivity contribution is 5.43. The quantitative estimate of drug-likeness (QED) is 0.766. The van der Waals surface area contributed by atoms with E-state index in [1.165, 1.54) is 11.1 Å². The Morgan fingerprint density at radius 1 is 0.812 bits per heavy atom. The van der Waals surface area contributed by atoms with Crippen LogP contribution in [0.3, 0.4) is 0 Å². The van der Waals surface area contributed by atoms with Crippen LogP contribution in [0.5, 0.6) is 0 Å². The van der Waals surface area contributed by atoms with E-state index >= 15 is 0 Å². The molecule has 0 saturated heterocycles. The summed E-state index contributed by atoms with van der Waals surface area (Å²) in [4.78, 5) is 0. The number of rotatable bonds is 1. The van der Waals surface area contributed by atoms with E-state index in [-0.39, 0.29) is 6.10 Å². The first-order valence-corrected chi connectivity index (χ1v) is 5.68. The number of benzene rings is 2. The number of hydrogen-bond acceptors (Lipinski definition) is 1. The fraction of sp³-hybridized carbons (Fsp3) is 0.200. The molecule has 1 heteroatoms. The molecule has 2 atom stereocenters. The van der Waals surface area contributed by atoms with Crippen molar-refractivity contribution < 1.29 is 5.11 Å². The Kier molecular flexibility index (Phi) is 2.26. The van der Waals surface area contributed by atoms with Crippen molar-refractivity contribution in [3.63, 3.8) is 0 Å². The smallest absolute Gasteiger partial charge is 0.0802 e. The highest BCUT2D eigenvalue weighted by Crippen LogP contribution is 2.43. The lowest BCUT2D eigenvalue weighted by Crippen LogP contribution is -1.95. The van der Waals surface area contributed by atoms with Gasteiger partial charge in [0.1, 0.15) is 0 Å². The molecule has 0 fully saturated rings. The normalized spacial score (nSPS) is 23.1. The van der Waals surface area contributed by atoms with Gasteiger partial charge >= 0.3 is 0 Å². The number of fused-ring (bicyclic) bond motifs is 1. The van der Waals surface area contributed by atoms with Crippen molar-refractivity contribution in [2.75, 3.05) is 0 Å². The summed E-state index contributed by atoms with van der Waals surface area (Å²) in [6, 6.07) is 18.6. The van der Waals surface area contributed by atoms with Gasteiger partial charge in [-0.3, -0.25) is 0 Å². The molecule has 3 rings (SSSR count). The molecular weight excluding hydrogens is 196 g/mol. The zero-order valence-electron chi connectivity index (χ0n) is 9.01. The van der Waals surface area contributed by atoms with Gasteiger partial charge in [-0.25, -0.2) is 0 Å². The summed E-state index contributed by atoms with van der Waals surface area (Å²) < 4.78 is 0. The van der Waals surface area contributed by atoms with Gasteiger partial charge in [-0.2, -0.15) is 0 Å². The van der Waals surface area contributed by atoms with E-state index in [1.54, 1.807) is 0 Å². The van der Waals surface area contributed by atoms with E-state index in [1.807, 2.05) is 24.3 Å². The van der Waals surface area contributed by atoms with Crippen LogP contribution >= 0.6 is 0 Å². The molecule has 0 unspecified atom stereocenters. The number of hydrogen-bond donors (Lipinski definition) is 1. The zero-order chi connectivity index (χ0) is 11.0. The lowest BCUT2D eigenvalue weighted by Gasteiger charge is -2.11. The predicted octanol–water partition coefficient (Wildman–Crippen LogP) is 3.26. The van der Waals surface area contributed by atoms with Crippen molar-refractivity contribution in [2.24, 2.45) is 0 Å². The van der Waals surface area contributed by atoms with Crippen molar-refractivity contribution in [1.29, 1.82) is 0 Å². The standard InChI is InChI=1S/C15H14O/c16-15-10-14(11-6-2-1-3-7-11)12-8-4-5-9-13(12)15/h1-9,14-16H,10H2/t14-,15-/m1/s1. The monoisotopic (exact) mass is 210 g/mol. The van der Waals surface area contributed by atoms with Crippen LogP contribution in [0.15, 0.2) is 54.6 Å². The van der Waals surface area contributed by atoms with E-state index < -0.39 is 0 Å². The van der Waals surface area contributed by atoms with Crippen LogP contribution in [0, 0.1) is 0 Å². The van der Waals surface area contributed by atoms with Gasteiger partial charge in [-0.05, 0) is 23.1 Å². The van der Waals surface area contributed by atoms with E-state index in [0.29, 0.717) is 5.92 Å². The second kappa shape index (κ2) is 3.76. The van der Waals surface area contributed by atoms with Crippen molar-refractivity contribution in [1.82, 2.24) is 0 Å². The van der Waals surface area contributed by atoms with E-state index in [4.69, 9.17) is 0 Å². The summed E-state index contributed by atoms with van der Waals surface area (Å²) in [5.41, 5.74) is 3.67. The molecule has 0 radical (unpaired) electrons. The van der Waals surface area contributed by atoms with Gasteiger partial charge in [0.15, 0.2) is 0 Å². The minimum atomic E-state index is -0.304. The van der Waals surface area contributed by atoms with E-state index in [0.717, 1.165) is 12.0 Å². The first kappa shape index (κ1) is 9.61. The second-order valence-electron chi connectivity index (χ2n) is 4.34. The largest absolute Gasteiger partial charge is 0.388 e. The van der Waals surface area contributed by atoms with E-state index in [2.05, 4.69) is 30.3 Å². The average molecular weight is 210 g/mol. The second-order valence-corrected chi connectivity index (χ2v) is 4.34. The molecule has 2 aromatic rings. The molecule has 0 aromatic heterocycles. The van der Waals surface area contributed by atoms with Gasteiger partial charge in [0, 0.05) is 5.92 Å². The van der Waals surface area contributed by atoms with Crippen molar-refractivity contribution in [3.8, 4) is 0 Å². The fourth-order valence-electron chi connectivity index (χ4n) is 2.61. The van der Waals surface area contributed by atoms with Gasteiger partial charge in [0.05, 0.1) is 6.10 Å². The van der Waals surface area contributed by atoms with Crippen LogP contribution in [0.25, 0.3) is 0 Å². The van der Waals surface area contributed by atoms with E-state index in [9.17, 15) is 5.11 Å². The molecule has 1 aliphatic carbocycles. The van der Waals surface area contributed by atoms with Crippen LogP contribution in [-0.4, -0.2) is 5.11 Å². The van der Waals surface area contributed by atoms with Crippen LogP contribution in [0.1, 0.15) is 35.1 Å². The average Bonchev–Trinajstić information content (AvgIpc) is 2.69. The Hall–Kier alpha value is -1.60. The summed E-state index contributed by atoms with van der Waals surface area (Å²) in [6.07, 6.45) is 0.505. The van der Waals surface area contributed by atoms with Crippen molar-refractivity contribution in [2.45, 2.75) is 18.4 Å².